The van der Waals surface area contributed by atoms with E-state index < -0.39 is 31.2 Å². The molecule has 18 heteroatoms. The molecule has 0 saturated carbocycles. The van der Waals surface area contributed by atoms with Crippen molar-refractivity contribution in [2.45, 2.75) is 0 Å². The van der Waals surface area contributed by atoms with Crippen LogP contribution >= 0.6 is 0 Å². The van der Waals surface area contributed by atoms with Gasteiger partial charge in [0.25, 0.3) is 0 Å². The molecule has 0 aromatic heterocycles. The molecule has 0 spiro atoms. The van der Waals surface area contributed by atoms with Crippen LogP contribution in [0.15, 0.2) is 0 Å². The predicted molar refractivity (Wildman–Crippen MR) is 35.0 cm³/mol. The van der Waals surface area contributed by atoms with Gasteiger partial charge in [-0.15, -0.1) is 0 Å². The third kappa shape index (κ3) is 10900. The summed E-state index contributed by atoms with van der Waals surface area (Å²) in [6.07, 6.45) is 0. The van der Waals surface area contributed by atoms with Crippen LogP contribution in [0.25, 0.3) is 0 Å². The van der Waals surface area contributed by atoms with Crippen molar-refractivity contribution in [1.29, 1.82) is 0 Å². The van der Waals surface area contributed by atoms with Crippen LogP contribution in [0.5, 0.6) is 0 Å². The summed E-state index contributed by atoms with van der Waals surface area (Å²) in [5.41, 5.74) is 0. The van der Waals surface area contributed by atoms with Crippen molar-refractivity contribution in [3.63, 3.8) is 0 Å². The monoisotopic (exact) mass is 418 g/mol. The van der Waals surface area contributed by atoms with Gasteiger partial charge in [-0.1, -0.05) is 0 Å². The molecular formula is H2Fe2O13S3. The second-order valence-corrected chi connectivity index (χ2v) is 3.67. The third-order valence-electron chi connectivity index (χ3n) is 0. The van der Waals surface area contributed by atoms with Crippen molar-refractivity contribution in [3.8, 4) is 0 Å². The number of hydrogen-bond donors (Lipinski definition) is 0. The first kappa shape index (κ1) is 36.3. The quantitative estimate of drug-likeness (QED) is 0.203. The van der Waals surface area contributed by atoms with Gasteiger partial charge in [0.05, 0.1) is 0 Å². The smallest absolute Gasteiger partial charge is 0.759 e. The Kier molecular flexibility index (Phi) is 28.3. The second-order valence-electron chi connectivity index (χ2n) is 1.22. The fourth-order valence-corrected chi connectivity index (χ4v) is 0. The molecule has 0 aliphatic carbocycles. The Bertz CT molecular complexity index is 341. The number of hydrogen-bond acceptors (Lipinski definition) is 12. The van der Waals surface area contributed by atoms with E-state index in [1.54, 1.807) is 0 Å². The van der Waals surface area contributed by atoms with E-state index in [2.05, 4.69) is 0 Å². The van der Waals surface area contributed by atoms with Crippen molar-refractivity contribution in [3.05, 3.63) is 0 Å². The van der Waals surface area contributed by atoms with E-state index in [9.17, 15) is 0 Å². The first-order valence-corrected chi connectivity index (χ1v) is 6.00. The topological polar surface area (TPSA) is 272 Å². The van der Waals surface area contributed by atoms with Gasteiger partial charge in [0.1, 0.15) is 0 Å². The largest absolute Gasteiger partial charge is 3.00 e. The maximum Gasteiger partial charge on any atom is 3.00 e. The molecule has 0 aliphatic heterocycles. The van der Waals surface area contributed by atoms with Crippen molar-refractivity contribution in [1.82, 2.24) is 0 Å². The summed E-state index contributed by atoms with van der Waals surface area (Å²) in [7, 11) is -15.5. The minimum atomic E-state index is -5.17. The van der Waals surface area contributed by atoms with E-state index in [-0.39, 0.29) is 39.6 Å². The van der Waals surface area contributed by atoms with E-state index in [1.165, 1.54) is 0 Å². The molecule has 0 aliphatic rings. The second kappa shape index (κ2) is 14.0. The minimum absolute atomic E-state index is 0. The number of rotatable bonds is 0. The van der Waals surface area contributed by atoms with E-state index in [0.717, 1.165) is 0 Å². The normalized spacial score (nSPS) is 9.67. The SMILES string of the molecule is O.O=S(=O)([O-])[O-].O=S(=O)([O-])[O-].O=S(=O)([O-])[O-].[Fe+3].[Fe+3]. The standard InChI is InChI=1S/2Fe.3H2O4S.H2O/c;;3*1-5(2,3)4;/h;;3*(H2,1,2,3,4);1H2/q2*+3;;;;/p-6. The summed E-state index contributed by atoms with van der Waals surface area (Å²) in [5.74, 6) is 0. The molecule has 114 valence electrons. The zero-order chi connectivity index (χ0) is 13.5. The third-order valence-corrected chi connectivity index (χ3v) is 0. The van der Waals surface area contributed by atoms with E-state index >= 15 is 0 Å². The molecule has 13 nitrogen and oxygen atoms in total. The zero-order valence-corrected chi connectivity index (χ0v) is 12.0. The summed E-state index contributed by atoms with van der Waals surface area (Å²) >= 11 is 0. The molecule has 2 radical (unpaired) electrons. The molecule has 0 rings (SSSR count). The fourth-order valence-electron chi connectivity index (χ4n) is 0. The van der Waals surface area contributed by atoms with Crippen molar-refractivity contribution >= 4 is 31.2 Å². The maximum atomic E-state index is 8.52. The molecule has 0 heterocycles. The van der Waals surface area contributed by atoms with Gasteiger partial charge in [0, 0.05) is 31.2 Å². The Hall–Kier alpha value is 0.609. The molecule has 0 amide bonds. The predicted octanol–water partition coefficient (Wildman–Crippen LogP) is -4.84. The van der Waals surface area contributed by atoms with Crippen molar-refractivity contribution in [2.75, 3.05) is 0 Å². The van der Waals surface area contributed by atoms with Crippen LogP contribution < -0.4 is 0 Å². The van der Waals surface area contributed by atoms with Gasteiger partial charge in [-0.2, -0.15) is 0 Å². The van der Waals surface area contributed by atoms with Gasteiger partial charge in [0.15, 0.2) is 0 Å². The average molecular weight is 418 g/mol. The summed E-state index contributed by atoms with van der Waals surface area (Å²) < 4.78 is 102. The Morgan fingerprint density at radius 2 is 0.444 bits per heavy atom. The Labute approximate surface area is 123 Å². The molecule has 2 N–H and O–H groups in total. The van der Waals surface area contributed by atoms with Gasteiger partial charge in [-0.05, 0) is 0 Å². The minimum Gasteiger partial charge on any atom is -0.759 e. The molecule has 0 saturated heterocycles. The van der Waals surface area contributed by atoms with E-state index in [0.29, 0.717) is 0 Å². The Morgan fingerprint density at radius 3 is 0.444 bits per heavy atom. The van der Waals surface area contributed by atoms with Crippen molar-refractivity contribution in [2.24, 2.45) is 0 Å². The van der Waals surface area contributed by atoms with Crippen LogP contribution in [-0.2, 0) is 65.3 Å². The fraction of sp³-hybridized carbons (Fsp3) is 0. The van der Waals surface area contributed by atoms with Crippen LogP contribution in [0.2, 0.25) is 0 Å². The molecule has 0 unspecified atom stereocenters. The average Bonchev–Trinajstić information content (AvgIpc) is 1.41. The summed E-state index contributed by atoms with van der Waals surface area (Å²) in [6.45, 7) is 0. The maximum absolute atomic E-state index is 8.52. The molecule has 0 aromatic rings. The zero-order valence-electron chi connectivity index (χ0n) is 7.33. The first-order chi connectivity index (χ1) is 6.00. The first-order valence-electron chi connectivity index (χ1n) is 2.00. The van der Waals surface area contributed by atoms with Crippen LogP contribution in [0.1, 0.15) is 0 Å². The van der Waals surface area contributed by atoms with Crippen LogP contribution in [0, 0.1) is 0 Å². The Morgan fingerprint density at radius 1 is 0.444 bits per heavy atom. The summed E-state index contributed by atoms with van der Waals surface area (Å²) in [4.78, 5) is 0. The molecule has 0 fully saturated rings. The molecule has 18 heavy (non-hydrogen) atoms. The Balaban J connectivity index is -0.0000000277. The van der Waals surface area contributed by atoms with Crippen LogP contribution in [-0.4, -0.2) is 58.0 Å². The van der Waals surface area contributed by atoms with Gasteiger partial charge in [-0.3, -0.25) is 25.3 Å². The van der Waals surface area contributed by atoms with Crippen LogP contribution in [0.3, 0.4) is 0 Å². The van der Waals surface area contributed by atoms with Crippen molar-refractivity contribution < 1.29 is 92.2 Å². The summed E-state index contributed by atoms with van der Waals surface area (Å²) in [6, 6.07) is 0. The summed E-state index contributed by atoms with van der Waals surface area (Å²) in [5, 5.41) is 0. The molecule has 0 aromatic carbocycles. The van der Waals surface area contributed by atoms with E-state index in [1.807, 2.05) is 0 Å². The van der Waals surface area contributed by atoms with E-state index in [4.69, 9.17) is 52.6 Å². The molecular weight excluding hydrogens is 416 g/mol. The van der Waals surface area contributed by atoms with Gasteiger partial charge < -0.3 is 32.8 Å². The molecule has 0 atom stereocenters. The molecule has 0 bridgehead atoms. The van der Waals surface area contributed by atoms with Gasteiger partial charge in [-0.25, -0.2) is 0 Å². The van der Waals surface area contributed by atoms with Gasteiger partial charge >= 0.3 is 34.1 Å². The van der Waals surface area contributed by atoms with Gasteiger partial charge in [0.2, 0.25) is 0 Å². The van der Waals surface area contributed by atoms with Crippen LogP contribution in [0.4, 0.5) is 0 Å².